The number of nitrogens with zero attached hydrogens (tertiary/aromatic N) is 4. The first-order valence-corrected chi connectivity index (χ1v) is 11.3. The number of imide groups is 1. The highest BCUT2D eigenvalue weighted by Gasteiger charge is 2.32. The Kier molecular flexibility index (Phi) is 6.87. The van der Waals surface area contributed by atoms with Gasteiger partial charge < -0.3 is 5.32 Å². The van der Waals surface area contributed by atoms with Crippen LogP contribution in [0.15, 0.2) is 47.4 Å². The van der Waals surface area contributed by atoms with Crippen LogP contribution in [0.5, 0.6) is 0 Å². The molecule has 2 aromatic rings. The summed E-state index contributed by atoms with van der Waals surface area (Å²) in [6.45, 7) is -0.0883. The van der Waals surface area contributed by atoms with Gasteiger partial charge in [-0.2, -0.15) is 14.8 Å². The van der Waals surface area contributed by atoms with E-state index in [1.54, 1.807) is 0 Å². The molecule has 0 radical (unpaired) electrons. The molecule has 1 heterocycles. The van der Waals surface area contributed by atoms with Crippen LogP contribution in [0.3, 0.4) is 0 Å². The van der Waals surface area contributed by atoms with E-state index in [1.807, 2.05) is 12.1 Å². The maximum atomic E-state index is 12.9. The summed E-state index contributed by atoms with van der Waals surface area (Å²) in [6.07, 6.45) is -0.0361. The summed E-state index contributed by atoms with van der Waals surface area (Å²) in [6, 6.07) is 13.4. The number of amides is 3. The van der Waals surface area contributed by atoms with Crippen LogP contribution in [0.1, 0.15) is 43.9 Å². The van der Waals surface area contributed by atoms with Gasteiger partial charge in [0.2, 0.25) is 10.0 Å². The maximum Gasteiger partial charge on any atom is 0.261 e. The Bertz CT molecular complexity index is 1290. The molecule has 0 bridgehead atoms. The van der Waals surface area contributed by atoms with Crippen LogP contribution in [0.4, 0.5) is 5.69 Å². The van der Waals surface area contributed by atoms with Crippen LogP contribution in [0.25, 0.3) is 0 Å². The topological polar surface area (TPSA) is 151 Å². The van der Waals surface area contributed by atoms with Crippen molar-refractivity contribution in [1.82, 2.24) is 9.21 Å². The molecule has 33 heavy (non-hydrogen) atoms. The molecule has 0 aromatic heterocycles. The predicted molar refractivity (Wildman–Crippen MR) is 116 cm³/mol. The van der Waals surface area contributed by atoms with Crippen molar-refractivity contribution in [3.8, 4) is 12.1 Å². The summed E-state index contributed by atoms with van der Waals surface area (Å²) >= 11 is 0. The second kappa shape index (κ2) is 9.61. The highest BCUT2D eigenvalue weighted by atomic mass is 32.2. The Hall–Kier alpha value is -4.06. The van der Waals surface area contributed by atoms with Crippen molar-refractivity contribution in [3.63, 3.8) is 0 Å². The summed E-state index contributed by atoms with van der Waals surface area (Å²) in [5, 5.41) is 20.2. The van der Waals surface area contributed by atoms with E-state index < -0.39 is 27.7 Å². The molecule has 2 aromatic carbocycles. The largest absolute Gasteiger partial charge is 0.322 e. The van der Waals surface area contributed by atoms with E-state index in [0.717, 1.165) is 9.21 Å². The summed E-state index contributed by atoms with van der Waals surface area (Å²) in [7, 11) is -2.57. The standard InChI is InChI=1S/C22H19N5O5S/c1-26-21(29)18-9-6-16(14-19(18)22(26)30)25-20(28)15-4-7-17(8-5-15)33(31,32)27(12-2-10-23)13-3-11-24/h4-9,14H,2-3,12-13H2,1H3,(H,25,28). The summed E-state index contributed by atoms with van der Waals surface area (Å²) in [4.78, 5) is 37.6. The highest BCUT2D eigenvalue weighted by molar-refractivity contribution is 7.89. The van der Waals surface area contributed by atoms with Crippen LogP contribution < -0.4 is 5.32 Å². The van der Waals surface area contributed by atoms with Gasteiger partial charge >= 0.3 is 0 Å². The number of carbonyl (C=O) groups is 3. The molecule has 0 fully saturated rings. The number of sulfonamides is 1. The van der Waals surface area contributed by atoms with Gasteiger partial charge in [-0.1, -0.05) is 0 Å². The van der Waals surface area contributed by atoms with E-state index in [9.17, 15) is 22.8 Å². The van der Waals surface area contributed by atoms with Gasteiger partial charge in [0.05, 0.1) is 28.2 Å². The van der Waals surface area contributed by atoms with E-state index in [1.165, 1.54) is 49.5 Å². The van der Waals surface area contributed by atoms with Gasteiger partial charge in [0.25, 0.3) is 17.7 Å². The predicted octanol–water partition coefficient (Wildman–Crippen LogP) is 1.98. The second-order valence-corrected chi connectivity index (χ2v) is 9.07. The molecule has 1 aliphatic rings. The molecule has 1 aliphatic heterocycles. The lowest BCUT2D eigenvalue weighted by Crippen LogP contribution is -2.32. The van der Waals surface area contributed by atoms with Crippen LogP contribution in [0, 0.1) is 22.7 Å². The molecule has 3 amide bonds. The second-order valence-electron chi connectivity index (χ2n) is 7.13. The van der Waals surface area contributed by atoms with Gasteiger partial charge in [-0.25, -0.2) is 8.42 Å². The normalized spacial score (nSPS) is 12.9. The van der Waals surface area contributed by atoms with Gasteiger partial charge in [0.1, 0.15) is 0 Å². The lowest BCUT2D eigenvalue weighted by atomic mass is 10.1. The first kappa shape index (κ1) is 23.6. The fourth-order valence-electron chi connectivity index (χ4n) is 3.27. The molecular formula is C22H19N5O5S. The Morgan fingerprint density at radius 3 is 2.12 bits per heavy atom. The zero-order chi connectivity index (χ0) is 24.2. The van der Waals surface area contributed by atoms with E-state index >= 15 is 0 Å². The molecule has 0 saturated heterocycles. The third-order valence-corrected chi connectivity index (χ3v) is 6.96. The number of carbonyl (C=O) groups excluding carboxylic acids is 3. The van der Waals surface area contributed by atoms with Gasteiger partial charge in [-0.05, 0) is 42.5 Å². The summed E-state index contributed by atoms with van der Waals surface area (Å²) in [5.74, 6) is -1.41. The molecule has 0 aliphatic carbocycles. The molecule has 0 atom stereocenters. The first-order valence-electron chi connectivity index (χ1n) is 9.82. The van der Waals surface area contributed by atoms with Crippen molar-refractivity contribution in [1.29, 1.82) is 10.5 Å². The third-order valence-electron chi connectivity index (χ3n) is 5.05. The molecule has 11 heteroatoms. The molecule has 1 N–H and O–H groups in total. The van der Waals surface area contributed by atoms with Crippen LogP contribution in [0.2, 0.25) is 0 Å². The SMILES string of the molecule is CN1C(=O)c2ccc(NC(=O)c3ccc(S(=O)(=O)N(CCC#N)CCC#N)cc3)cc2C1=O. The Labute approximate surface area is 190 Å². The van der Waals surface area contributed by atoms with Crippen molar-refractivity contribution >= 4 is 33.4 Å². The number of nitriles is 2. The number of hydrogen-bond donors (Lipinski definition) is 1. The van der Waals surface area contributed by atoms with Crippen molar-refractivity contribution in [2.24, 2.45) is 0 Å². The van der Waals surface area contributed by atoms with Gasteiger partial charge in [-0.15, -0.1) is 0 Å². The number of fused-ring (bicyclic) bond motifs is 1. The third kappa shape index (κ3) is 4.75. The Morgan fingerprint density at radius 2 is 1.55 bits per heavy atom. The lowest BCUT2D eigenvalue weighted by Gasteiger charge is -2.20. The maximum absolute atomic E-state index is 12.9. The van der Waals surface area contributed by atoms with Gasteiger partial charge in [0.15, 0.2) is 0 Å². The number of anilines is 1. The van der Waals surface area contributed by atoms with Crippen molar-refractivity contribution in [2.45, 2.75) is 17.7 Å². The highest BCUT2D eigenvalue weighted by Crippen LogP contribution is 2.25. The van der Waals surface area contributed by atoms with Crippen molar-refractivity contribution < 1.29 is 22.8 Å². The van der Waals surface area contributed by atoms with Crippen LogP contribution in [-0.4, -0.2) is 55.5 Å². The van der Waals surface area contributed by atoms with E-state index in [4.69, 9.17) is 10.5 Å². The average molecular weight is 465 g/mol. The smallest absolute Gasteiger partial charge is 0.261 e. The Morgan fingerprint density at radius 1 is 0.970 bits per heavy atom. The number of rotatable bonds is 8. The molecule has 10 nitrogen and oxygen atoms in total. The fraction of sp³-hybridized carbons (Fsp3) is 0.227. The summed E-state index contributed by atoms with van der Waals surface area (Å²) < 4.78 is 26.8. The molecule has 0 saturated carbocycles. The van der Waals surface area contributed by atoms with Crippen molar-refractivity contribution in [2.75, 3.05) is 25.5 Å². The van der Waals surface area contributed by atoms with E-state index in [-0.39, 0.29) is 47.5 Å². The minimum absolute atomic E-state index is 0.0180. The zero-order valence-electron chi connectivity index (χ0n) is 17.6. The Balaban J connectivity index is 1.77. The van der Waals surface area contributed by atoms with Gasteiger partial charge in [0, 0.05) is 44.2 Å². The average Bonchev–Trinajstić information content (AvgIpc) is 3.02. The van der Waals surface area contributed by atoms with E-state index in [0.29, 0.717) is 5.69 Å². The van der Waals surface area contributed by atoms with Crippen molar-refractivity contribution in [3.05, 3.63) is 59.2 Å². The molecular weight excluding hydrogens is 446 g/mol. The minimum Gasteiger partial charge on any atom is -0.322 e. The molecule has 0 unspecified atom stereocenters. The van der Waals surface area contributed by atoms with Gasteiger partial charge in [-0.3, -0.25) is 19.3 Å². The molecule has 0 spiro atoms. The number of benzene rings is 2. The monoisotopic (exact) mass is 465 g/mol. The molecule has 3 rings (SSSR count). The quantitative estimate of drug-likeness (QED) is 0.585. The summed E-state index contributed by atoms with van der Waals surface area (Å²) in [5.41, 5.74) is 0.935. The fourth-order valence-corrected chi connectivity index (χ4v) is 4.71. The lowest BCUT2D eigenvalue weighted by molar-refractivity contribution is 0.0692. The van der Waals surface area contributed by atoms with Crippen LogP contribution in [-0.2, 0) is 10.0 Å². The van der Waals surface area contributed by atoms with Crippen LogP contribution >= 0.6 is 0 Å². The zero-order valence-corrected chi connectivity index (χ0v) is 18.4. The number of hydrogen-bond acceptors (Lipinski definition) is 7. The number of nitrogens with one attached hydrogen (secondary N) is 1. The first-order chi connectivity index (χ1) is 15.7. The minimum atomic E-state index is -3.94. The molecule has 168 valence electrons. The van der Waals surface area contributed by atoms with E-state index in [2.05, 4.69) is 5.32 Å².